The van der Waals surface area contributed by atoms with Crippen molar-refractivity contribution >= 4 is 5.97 Å². The Labute approximate surface area is 215 Å². The van der Waals surface area contributed by atoms with Crippen LogP contribution >= 0.6 is 0 Å². The van der Waals surface area contributed by atoms with Gasteiger partial charge in [0, 0.05) is 5.92 Å². The van der Waals surface area contributed by atoms with Gasteiger partial charge >= 0.3 is 5.97 Å². The standard InChI is InChI=1S/C33H48O2/c1-3-5-7-11-27-15-17-28(18-16-27)13-9-10-14-30-21-25-32(26-22-30)35-33(34)31-23-19-29(20-24-31)12-8-6-4-2/h9,13,19-20,23-24,27-28,30,32H,3-8,11-12,15-18,21-22,25-26H2,1-2H3/b13-9+/t27-,28-,30-,32-. The molecule has 2 heteroatoms. The van der Waals surface area contributed by atoms with Crippen molar-refractivity contribution in [1.29, 1.82) is 0 Å². The van der Waals surface area contributed by atoms with Crippen LogP contribution in [-0.2, 0) is 11.2 Å². The zero-order chi connectivity index (χ0) is 24.7. The maximum Gasteiger partial charge on any atom is 0.338 e. The van der Waals surface area contributed by atoms with E-state index in [9.17, 15) is 4.79 Å². The molecule has 192 valence electrons. The molecule has 2 aliphatic rings. The predicted octanol–water partition coefficient (Wildman–Crippen LogP) is 9.08. The number of ether oxygens (including phenoxy) is 1. The Balaban J connectivity index is 1.31. The highest BCUT2D eigenvalue weighted by Gasteiger charge is 2.23. The molecular formula is C33H48O2. The first kappa shape index (κ1) is 27.6. The minimum atomic E-state index is -0.178. The van der Waals surface area contributed by atoms with Crippen LogP contribution < -0.4 is 0 Å². The molecule has 0 aliphatic heterocycles. The van der Waals surface area contributed by atoms with E-state index in [1.807, 2.05) is 12.1 Å². The van der Waals surface area contributed by atoms with Gasteiger partial charge in [-0.3, -0.25) is 0 Å². The zero-order valence-corrected chi connectivity index (χ0v) is 22.4. The van der Waals surface area contributed by atoms with Crippen molar-refractivity contribution in [2.75, 3.05) is 0 Å². The van der Waals surface area contributed by atoms with Gasteiger partial charge in [0.2, 0.25) is 0 Å². The van der Waals surface area contributed by atoms with E-state index in [1.165, 1.54) is 76.2 Å². The average Bonchev–Trinajstić information content (AvgIpc) is 2.89. The van der Waals surface area contributed by atoms with E-state index in [1.54, 1.807) is 0 Å². The second-order valence-corrected chi connectivity index (χ2v) is 11.0. The molecule has 35 heavy (non-hydrogen) atoms. The Kier molecular flexibility index (Phi) is 12.5. The van der Waals surface area contributed by atoms with Gasteiger partial charge in [-0.25, -0.2) is 4.79 Å². The molecule has 0 bridgehead atoms. The third-order valence-electron chi connectivity index (χ3n) is 8.05. The number of carbonyl (C=O) groups excluding carboxylic acids is 1. The van der Waals surface area contributed by atoms with Crippen molar-refractivity contribution in [2.45, 2.75) is 123 Å². The first-order valence-corrected chi connectivity index (χ1v) is 14.7. The summed E-state index contributed by atoms with van der Waals surface area (Å²) in [6, 6.07) is 8.00. The van der Waals surface area contributed by atoms with Crippen LogP contribution in [0.3, 0.4) is 0 Å². The van der Waals surface area contributed by atoms with Crippen molar-refractivity contribution in [1.82, 2.24) is 0 Å². The van der Waals surface area contributed by atoms with Gasteiger partial charge < -0.3 is 4.74 Å². The Bertz CT molecular complexity index is 809. The van der Waals surface area contributed by atoms with Crippen LogP contribution in [0.5, 0.6) is 0 Å². The van der Waals surface area contributed by atoms with Crippen LogP contribution in [0, 0.1) is 29.6 Å². The van der Waals surface area contributed by atoms with Crippen LogP contribution in [0.1, 0.15) is 126 Å². The van der Waals surface area contributed by atoms with Crippen molar-refractivity contribution < 1.29 is 9.53 Å². The van der Waals surface area contributed by atoms with E-state index in [-0.39, 0.29) is 12.1 Å². The first-order valence-electron chi connectivity index (χ1n) is 14.7. The maximum absolute atomic E-state index is 12.6. The minimum absolute atomic E-state index is 0.0350. The molecule has 0 saturated heterocycles. The summed E-state index contributed by atoms with van der Waals surface area (Å²) in [6.45, 7) is 4.51. The highest BCUT2D eigenvalue weighted by molar-refractivity contribution is 5.89. The lowest BCUT2D eigenvalue weighted by molar-refractivity contribution is 0.0188. The number of benzene rings is 1. The minimum Gasteiger partial charge on any atom is -0.459 e. The number of hydrogen-bond donors (Lipinski definition) is 0. The predicted molar refractivity (Wildman–Crippen MR) is 147 cm³/mol. The summed E-state index contributed by atoms with van der Waals surface area (Å²) in [6.07, 6.45) is 24.3. The molecular weight excluding hydrogens is 428 g/mol. The molecule has 0 N–H and O–H groups in total. The molecule has 1 aromatic carbocycles. The largest absolute Gasteiger partial charge is 0.459 e. The van der Waals surface area contributed by atoms with Crippen molar-refractivity contribution in [3.05, 3.63) is 47.5 Å². The summed E-state index contributed by atoms with van der Waals surface area (Å²) in [5, 5.41) is 0. The molecule has 0 aromatic heterocycles. The van der Waals surface area contributed by atoms with Crippen LogP contribution in [0.15, 0.2) is 36.4 Å². The van der Waals surface area contributed by atoms with Gasteiger partial charge in [-0.15, -0.1) is 0 Å². The number of aryl methyl sites for hydroxylation is 1. The molecule has 0 heterocycles. The molecule has 0 unspecified atom stereocenters. The molecule has 2 saturated carbocycles. The number of carbonyl (C=O) groups is 1. The molecule has 0 radical (unpaired) electrons. The molecule has 1 aromatic rings. The number of esters is 1. The summed E-state index contributed by atoms with van der Waals surface area (Å²) in [5.41, 5.74) is 1.98. The van der Waals surface area contributed by atoms with E-state index >= 15 is 0 Å². The van der Waals surface area contributed by atoms with E-state index in [4.69, 9.17) is 4.74 Å². The quantitative estimate of drug-likeness (QED) is 0.181. The zero-order valence-electron chi connectivity index (χ0n) is 22.4. The lowest BCUT2D eigenvalue weighted by Gasteiger charge is -2.26. The molecule has 0 spiro atoms. The highest BCUT2D eigenvalue weighted by Crippen LogP contribution is 2.32. The number of allylic oxidation sites excluding steroid dienone is 2. The van der Waals surface area contributed by atoms with E-state index in [2.05, 4.69) is 50.0 Å². The molecule has 3 rings (SSSR count). The van der Waals surface area contributed by atoms with Gasteiger partial charge in [-0.2, -0.15) is 0 Å². The monoisotopic (exact) mass is 476 g/mol. The Morgan fingerprint density at radius 1 is 0.886 bits per heavy atom. The average molecular weight is 477 g/mol. The fourth-order valence-electron chi connectivity index (χ4n) is 5.63. The number of rotatable bonds is 11. The fourth-order valence-corrected chi connectivity index (χ4v) is 5.63. The maximum atomic E-state index is 12.6. The van der Waals surface area contributed by atoms with Gasteiger partial charge in [-0.1, -0.05) is 82.4 Å². The SMILES string of the molecule is CCCCCc1ccc(C(=O)O[C@H]2CC[C@H](C#C/C=C/[C@H]3CC[C@H](CCCCC)CC3)CC2)cc1. The normalized spacial score (nSPS) is 24.6. The van der Waals surface area contributed by atoms with Gasteiger partial charge in [0.05, 0.1) is 5.56 Å². The molecule has 0 atom stereocenters. The topological polar surface area (TPSA) is 26.3 Å². The van der Waals surface area contributed by atoms with Crippen LogP contribution in [0.2, 0.25) is 0 Å². The van der Waals surface area contributed by atoms with Gasteiger partial charge in [0.1, 0.15) is 6.10 Å². The third-order valence-corrected chi connectivity index (χ3v) is 8.05. The smallest absolute Gasteiger partial charge is 0.338 e. The van der Waals surface area contributed by atoms with Crippen LogP contribution in [0.25, 0.3) is 0 Å². The van der Waals surface area contributed by atoms with Crippen LogP contribution in [0.4, 0.5) is 0 Å². The van der Waals surface area contributed by atoms with E-state index < -0.39 is 0 Å². The van der Waals surface area contributed by atoms with E-state index in [0.717, 1.165) is 43.9 Å². The lowest BCUT2D eigenvalue weighted by atomic mass is 9.79. The first-order chi connectivity index (χ1) is 17.2. The highest BCUT2D eigenvalue weighted by atomic mass is 16.5. The fraction of sp³-hybridized carbons (Fsp3) is 0.667. The third kappa shape index (κ3) is 10.2. The number of unbranched alkanes of at least 4 members (excludes halogenated alkanes) is 4. The van der Waals surface area contributed by atoms with Crippen molar-refractivity contribution in [3.63, 3.8) is 0 Å². The van der Waals surface area contributed by atoms with Gasteiger partial charge in [-0.05, 0) is 99.8 Å². The summed E-state index contributed by atoms with van der Waals surface area (Å²) >= 11 is 0. The van der Waals surface area contributed by atoms with Gasteiger partial charge in [0.25, 0.3) is 0 Å². The van der Waals surface area contributed by atoms with Crippen molar-refractivity contribution in [3.8, 4) is 11.8 Å². The Hall–Kier alpha value is -2.01. The summed E-state index contributed by atoms with van der Waals surface area (Å²) < 4.78 is 5.81. The lowest BCUT2D eigenvalue weighted by Crippen LogP contribution is -2.24. The second-order valence-electron chi connectivity index (χ2n) is 11.0. The van der Waals surface area contributed by atoms with Crippen molar-refractivity contribution in [2.24, 2.45) is 17.8 Å². The Morgan fingerprint density at radius 3 is 2.26 bits per heavy atom. The second kappa shape index (κ2) is 15.9. The van der Waals surface area contributed by atoms with Crippen LogP contribution in [-0.4, -0.2) is 12.1 Å². The summed E-state index contributed by atoms with van der Waals surface area (Å²) in [4.78, 5) is 12.6. The summed E-state index contributed by atoms with van der Waals surface area (Å²) in [5.74, 6) is 8.74. The molecule has 2 nitrogen and oxygen atoms in total. The van der Waals surface area contributed by atoms with Gasteiger partial charge in [0.15, 0.2) is 0 Å². The number of hydrogen-bond acceptors (Lipinski definition) is 2. The Morgan fingerprint density at radius 2 is 1.57 bits per heavy atom. The molecule has 0 amide bonds. The van der Waals surface area contributed by atoms with E-state index in [0.29, 0.717) is 11.5 Å². The molecule has 2 aliphatic carbocycles. The summed E-state index contributed by atoms with van der Waals surface area (Å²) in [7, 11) is 0. The molecule has 2 fully saturated rings.